The first-order chi connectivity index (χ1) is 7.36. The Labute approximate surface area is 90.6 Å². The predicted octanol–water partition coefficient (Wildman–Crippen LogP) is 1.54. The van der Waals surface area contributed by atoms with E-state index in [0.29, 0.717) is 0 Å². The minimum Gasteiger partial charge on any atom is -0.475 e. The monoisotopic (exact) mass is 206 g/mol. The van der Waals surface area contributed by atoms with Crippen LogP contribution in [0.3, 0.4) is 0 Å². The zero-order valence-corrected chi connectivity index (χ0v) is 8.98. The summed E-state index contributed by atoms with van der Waals surface area (Å²) in [5.41, 5.74) is 0. The molecule has 1 aliphatic rings. The van der Waals surface area contributed by atoms with Crippen molar-refractivity contribution in [3.63, 3.8) is 0 Å². The van der Waals surface area contributed by atoms with Crippen LogP contribution in [0.25, 0.3) is 0 Å². The van der Waals surface area contributed by atoms with Crippen LogP contribution in [0.2, 0.25) is 0 Å². The maximum Gasteiger partial charge on any atom is 0.149 e. The molecule has 1 fully saturated rings. The highest BCUT2D eigenvalue weighted by Crippen LogP contribution is 2.13. The molecule has 15 heavy (non-hydrogen) atoms. The molecule has 2 rings (SSSR count). The van der Waals surface area contributed by atoms with Crippen molar-refractivity contribution in [1.82, 2.24) is 4.90 Å². The Morgan fingerprint density at radius 1 is 1.33 bits per heavy atom. The number of ether oxygens (including phenoxy) is 2. The minimum absolute atomic E-state index is 0.108. The highest BCUT2D eigenvalue weighted by Gasteiger charge is 2.17. The smallest absolute Gasteiger partial charge is 0.149 e. The van der Waals surface area contributed by atoms with Gasteiger partial charge in [-0.15, -0.1) is 0 Å². The van der Waals surface area contributed by atoms with E-state index < -0.39 is 0 Å². The lowest BCUT2D eigenvalue weighted by molar-refractivity contribution is -0.0373. The Hall–Kier alpha value is -1.06. The largest absolute Gasteiger partial charge is 0.475 e. The van der Waals surface area contributed by atoms with Gasteiger partial charge in [-0.2, -0.15) is 0 Å². The first kappa shape index (κ1) is 10.5. The van der Waals surface area contributed by atoms with Crippen molar-refractivity contribution in [1.29, 1.82) is 0 Å². The fraction of sp³-hybridized carbons (Fsp3) is 0.500. The molecule has 0 aliphatic carbocycles. The SMILES string of the molecule is CC(Oc1cc[c]cc1)N1CCOCC1. The zero-order valence-electron chi connectivity index (χ0n) is 8.98. The van der Waals surface area contributed by atoms with Crippen LogP contribution < -0.4 is 4.74 Å². The molecule has 1 saturated heterocycles. The molecule has 1 aromatic carbocycles. The summed E-state index contributed by atoms with van der Waals surface area (Å²) in [6, 6.07) is 10.6. The molecular weight excluding hydrogens is 190 g/mol. The summed E-state index contributed by atoms with van der Waals surface area (Å²) >= 11 is 0. The van der Waals surface area contributed by atoms with Crippen LogP contribution in [0.5, 0.6) is 5.75 Å². The highest BCUT2D eigenvalue weighted by atomic mass is 16.5. The van der Waals surface area contributed by atoms with E-state index in [2.05, 4.69) is 17.9 Å². The molecule has 0 spiro atoms. The molecular formula is C12H16NO2. The van der Waals surface area contributed by atoms with E-state index >= 15 is 0 Å². The lowest BCUT2D eigenvalue weighted by Gasteiger charge is -2.32. The van der Waals surface area contributed by atoms with Crippen molar-refractivity contribution in [2.24, 2.45) is 0 Å². The molecule has 81 valence electrons. The fourth-order valence-electron chi connectivity index (χ4n) is 1.66. The van der Waals surface area contributed by atoms with Crippen molar-refractivity contribution in [2.75, 3.05) is 26.3 Å². The standard InChI is InChI=1S/C12H16NO2/c1-11(13-7-9-14-10-8-13)15-12-5-3-2-4-6-12/h3-6,11H,7-10H2,1H3. The normalized spacial score (nSPS) is 19.8. The van der Waals surface area contributed by atoms with E-state index in [1.54, 1.807) is 0 Å². The van der Waals surface area contributed by atoms with Crippen LogP contribution in [0.4, 0.5) is 0 Å². The average molecular weight is 206 g/mol. The van der Waals surface area contributed by atoms with Gasteiger partial charge in [0, 0.05) is 13.1 Å². The molecule has 1 atom stereocenters. The van der Waals surface area contributed by atoms with Crippen LogP contribution in [0, 0.1) is 6.07 Å². The van der Waals surface area contributed by atoms with E-state index in [1.807, 2.05) is 24.3 Å². The molecule has 0 amide bonds. The van der Waals surface area contributed by atoms with E-state index in [0.717, 1.165) is 32.1 Å². The topological polar surface area (TPSA) is 21.7 Å². The number of hydrogen-bond donors (Lipinski definition) is 0. The summed E-state index contributed by atoms with van der Waals surface area (Å²) in [7, 11) is 0. The maximum atomic E-state index is 5.80. The van der Waals surface area contributed by atoms with E-state index in [9.17, 15) is 0 Å². The predicted molar refractivity (Wildman–Crippen MR) is 57.8 cm³/mol. The third-order valence-electron chi connectivity index (χ3n) is 2.55. The lowest BCUT2D eigenvalue weighted by Crippen LogP contribution is -2.44. The van der Waals surface area contributed by atoms with E-state index in [4.69, 9.17) is 9.47 Å². The molecule has 1 aliphatic heterocycles. The minimum atomic E-state index is 0.108. The van der Waals surface area contributed by atoms with E-state index in [-0.39, 0.29) is 6.23 Å². The quantitative estimate of drug-likeness (QED) is 0.749. The lowest BCUT2D eigenvalue weighted by atomic mass is 10.3. The Morgan fingerprint density at radius 2 is 2.00 bits per heavy atom. The van der Waals surface area contributed by atoms with Gasteiger partial charge in [-0.3, -0.25) is 4.90 Å². The van der Waals surface area contributed by atoms with Crippen molar-refractivity contribution < 1.29 is 9.47 Å². The molecule has 0 aromatic heterocycles. The molecule has 1 unspecified atom stereocenters. The van der Waals surface area contributed by atoms with Crippen LogP contribution in [0.1, 0.15) is 6.92 Å². The number of hydrogen-bond acceptors (Lipinski definition) is 3. The summed E-state index contributed by atoms with van der Waals surface area (Å²) in [5, 5.41) is 0. The van der Waals surface area contributed by atoms with Crippen LogP contribution in [-0.4, -0.2) is 37.4 Å². The van der Waals surface area contributed by atoms with Gasteiger partial charge in [-0.1, -0.05) is 12.1 Å². The Bertz CT molecular complexity index is 283. The van der Waals surface area contributed by atoms with Crippen molar-refractivity contribution in [3.05, 3.63) is 30.3 Å². The first-order valence-electron chi connectivity index (χ1n) is 5.31. The number of benzene rings is 1. The van der Waals surface area contributed by atoms with Crippen LogP contribution >= 0.6 is 0 Å². The van der Waals surface area contributed by atoms with Gasteiger partial charge in [-0.05, 0) is 25.1 Å². The summed E-state index contributed by atoms with van der Waals surface area (Å²) in [6.07, 6.45) is 0.108. The molecule has 0 saturated carbocycles. The number of nitrogens with zero attached hydrogens (tertiary/aromatic N) is 1. The zero-order chi connectivity index (χ0) is 10.5. The van der Waals surface area contributed by atoms with Crippen molar-refractivity contribution >= 4 is 0 Å². The van der Waals surface area contributed by atoms with E-state index in [1.165, 1.54) is 0 Å². The van der Waals surface area contributed by atoms with Gasteiger partial charge in [0.25, 0.3) is 0 Å². The van der Waals surface area contributed by atoms with Gasteiger partial charge in [0.1, 0.15) is 12.0 Å². The second-order valence-electron chi connectivity index (χ2n) is 3.60. The second kappa shape index (κ2) is 5.14. The number of morpholine rings is 1. The third-order valence-corrected chi connectivity index (χ3v) is 2.55. The van der Waals surface area contributed by atoms with Gasteiger partial charge in [0.15, 0.2) is 0 Å². The van der Waals surface area contributed by atoms with Gasteiger partial charge in [-0.25, -0.2) is 0 Å². The highest BCUT2D eigenvalue weighted by molar-refractivity contribution is 5.20. The van der Waals surface area contributed by atoms with Gasteiger partial charge < -0.3 is 9.47 Å². The molecule has 3 heteroatoms. The average Bonchev–Trinajstić information content (AvgIpc) is 2.31. The molecule has 0 bridgehead atoms. The Balaban J connectivity index is 1.88. The summed E-state index contributed by atoms with van der Waals surface area (Å²) in [5.74, 6) is 0.896. The maximum absolute atomic E-state index is 5.80. The van der Waals surface area contributed by atoms with Crippen molar-refractivity contribution in [2.45, 2.75) is 13.2 Å². The second-order valence-corrected chi connectivity index (χ2v) is 3.60. The van der Waals surface area contributed by atoms with Crippen LogP contribution in [-0.2, 0) is 4.74 Å². The van der Waals surface area contributed by atoms with Crippen molar-refractivity contribution in [3.8, 4) is 5.75 Å². The summed E-state index contributed by atoms with van der Waals surface area (Å²) in [4.78, 5) is 2.28. The summed E-state index contributed by atoms with van der Waals surface area (Å²) in [6.45, 7) is 5.56. The molecule has 1 radical (unpaired) electrons. The third kappa shape index (κ3) is 2.94. The van der Waals surface area contributed by atoms with Crippen LogP contribution in [0.15, 0.2) is 24.3 Å². The van der Waals surface area contributed by atoms with Gasteiger partial charge in [0.2, 0.25) is 0 Å². The molecule has 1 heterocycles. The molecule has 1 aromatic rings. The Kier molecular flexibility index (Phi) is 3.59. The first-order valence-corrected chi connectivity index (χ1v) is 5.31. The Morgan fingerprint density at radius 3 is 2.67 bits per heavy atom. The number of rotatable bonds is 3. The van der Waals surface area contributed by atoms with Gasteiger partial charge >= 0.3 is 0 Å². The van der Waals surface area contributed by atoms with Gasteiger partial charge in [0.05, 0.1) is 13.2 Å². The molecule has 0 N–H and O–H groups in total. The fourth-order valence-corrected chi connectivity index (χ4v) is 1.66. The molecule has 3 nitrogen and oxygen atoms in total. The summed E-state index contributed by atoms with van der Waals surface area (Å²) < 4.78 is 11.1.